The normalized spacial score (nSPS) is 34.4. The molecule has 2 fully saturated rings. The van der Waals surface area contributed by atoms with Gasteiger partial charge in [-0.1, -0.05) is 26.7 Å². The molecule has 0 aromatic rings. The number of rotatable bonds is 3. The van der Waals surface area contributed by atoms with Gasteiger partial charge in [0.2, 0.25) is 5.91 Å². The predicted octanol–water partition coefficient (Wildman–Crippen LogP) is 3.13. The van der Waals surface area contributed by atoms with Crippen LogP contribution in [0.3, 0.4) is 0 Å². The summed E-state index contributed by atoms with van der Waals surface area (Å²) in [5, 5.41) is 6.74. The Hall–Kier alpha value is -0.280. The first-order valence-corrected chi connectivity index (χ1v) is 8.10. The minimum absolute atomic E-state index is 0. The Balaban J connectivity index is 0.00000200. The largest absolute Gasteiger partial charge is 0.353 e. The van der Waals surface area contributed by atoms with Crippen LogP contribution >= 0.6 is 12.4 Å². The van der Waals surface area contributed by atoms with Gasteiger partial charge in [-0.15, -0.1) is 12.4 Å². The number of hydrogen-bond donors (Lipinski definition) is 2. The lowest BCUT2D eigenvalue weighted by atomic mass is 9.79. The fourth-order valence-corrected chi connectivity index (χ4v) is 3.65. The zero-order chi connectivity index (χ0) is 13.8. The van der Waals surface area contributed by atoms with E-state index in [1.807, 2.05) is 0 Å². The van der Waals surface area contributed by atoms with Crippen molar-refractivity contribution in [3.63, 3.8) is 0 Å². The van der Waals surface area contributed by atoms with Gasteiger partial charge in [0.05, 0.1) is 0 Å². The summed E-state index contributed by atoms with van der Waals surface area (Å²) >= 11 is 0. The van der Waals surface area contributed by atoms with Crippen LogP contribution in [0.2, 0.25) is 0 Å². The van der Waals surface area contributed by atoms with E-state index in [2.05, 4.69) is 31.4 Å². The molecule has 118 valence electrons. The quantitative estimate of drug-likeness (QED) is 0.841. The van der Waals surface area contributed by atoms with E-state index < -0.39 is 0 Å². The molecule has 2 N–H and O–H groups in total. The van der Waals surface area contributed by atoms with E-state index >= 15 is 0 Å². The van der Waals surface area contributed by atoms with Crippen molar-refractivity contribution < 1.29 is 4.79 Å². The van der Waals surface area contributed by atoms with Crippen molar-refractivity contribution >= 4 is 18.3 Å². The number of amides is 1. The number of piperidine rings is 1. The molecule has 4 atom stereocenters. The molecule has 0 spiro atoms. The highest BCUT2D eigenvalue weighted by molar-refractivity contribution is 5.85. The monoisotopic (exact) mass is 302 g/mol. The molecule has 3 nitrogen and oxygen atoms in total. The summed E-state index contributed by atoms with van der Waals surface area (Å²) in [5.74, 6) is 2.09. The zero-order valence-electron chi connectivity index (χ0n) is 13.2. The van der Waals surface area contributed by atoms with Crippen molar-refractivity contribution in [2.45, 2.75) is 71.4 Å². The molecule has 0 aromatic carbocycles. The summed E-state index contributed by atoms with van der Waals surface area (Å²) in [7, 11) is 0. The van der Waals surface area contributed by atoms with Crippen LogP contribution in [-0.4, -0.2) is 24.5 Å². The molecular weight excluding hydrogens is 272 g/mol. The van der Waals surface area contributed by atoms with E-state index in [0.717, 1.165) is 31.2 Å². The van der Waals surface area contributed by atoms with E-state index in [0.29, 0.717) is 18.0 Å². The molecule has 1 heterocycles. The van der Waals surface area contributed by atoms with Crippen LogP contribution in [0.4, 0.5) is 0 Å². The molecule has 4 heteroatoms. The molecule has 1 aliphatic carbocycles. The molecule has 20 heavy (non-hydrogen) atoms. The summed E-state index contributed by atoms with van der Waals surface area (Å²) in [6.07, 6.45) is 6.97. The fourth-order valence-electron chi connectivity index (χ4n) is 3.65. The van der Waals surface area contributed by atoms with Crippen molar-refractivity contribution in [3.05, 3.63) is 0 Å². The third-order valence-electron chi connectivity index (χ3n) is 5.00. The highest BCUT2D eigenvalue weighted by Crippen LogP contribution is 2.30. The second-order valence-electron chi connectivity index (χ2n) is 6.95. The van der Waals surface area contributed by atoms with Crippen molar-refractivity contribution in [1.82, 2.24) is 10.6 Å². The van der Waals surface area contributed by atoms with E-state index in [9.17, 15) is 4.79 Å². The van der Waals surface area contributed by atoms with Gasteiger partial charge >= 0.3 is 0 Å². The topological polar surface area (TPSA) is 41.1 Å². The SMILES string of the molecule is CC(C)C1CCCC(NC(=O)[C@H]2CCN[C@@H](C)C2)C1.Cl. The Kier molecular flexibility index (Phi) is 7.32. The molecule has 1 saturated carbocycles. The summed E-state index contributed by atoms with van der Waals surface area (Å²) in [6, 6.07) is 0.915. The zero-order valence-corrected chi connectivity index (χ0v) is 14.0. The Bertz CT molecular complexity index is 309. The summed E-state index contributed by atoms with van der Waals surface area (Å²) in [4.78, 5) is 12.3. The molecule has 1 saturated heterocycles. The predicted molar refractivity (Wildman–Crippen MR) is 86.2 cm³/mol. The van der Waals surface area contributed by atoms with Crippen molar-refractivity contribution in [2.75, 3.05) is 6.54 Å². The Morgan fingerprint density at radius 3 is 2.60 bits per heavy atom. The average molecular weight is 303 g/mol. The van der Waals surface area contributed by atoms with Crippen molar-refractivity contribution in [2.24, 2.45) is 17.8 Å². The molecule has 0 bridgehead atoms. The smallest absolute Gasteiger partial charge is 0.223 e. The number of nitrogens with one attached hydrogen (secondary N) is 2. The van der Waals surface area contributed by atoms with Gasteiger partial charge in [-0.05, 0) is 51.0 Å². The molecule has 2 unspecified atom stereocenters. The standard InChI is InChI=1S/C16H30N2O.ClH/c1-11(2)13-5-4-6-15(10-13)18-16(19)14-7-8-17-12(3)9-14;/h11-15,17H,4-10H2,1-3H3,(H,18,19);1H/t12-,13?,14-,15?;/m0./s1. The minimum atomic E-state index is 0. The van der Waals surface area contributed by atoms with Crippen LogP contribution in [0.15, 0.2) is 0 Å². The Labute approximate surface area is 130 Å². The Morgan fingerprint density at radius 2 is 1.95 bits per heavy atom. The number of hydrogen-bond acceptors (Lipinski definition) is 2. The van der Waals surface area contributed by atoms with Crippen molar-refractivity contribution in [3.8, 4) is 0 Å². The van der Waals surface area contributed by atoms with E-state index in [1.165, 1.54) is 25.7 Å². The van der Waals surface area contributed by atoms with Gasteiger partial charge < -0.3 is 10.6 Å². The average Bonchev–Trinajstić information content (AvgIpc) is 2.39. The minimum Gasteiger partial charge on any atom is -0.353 e. The van der Waals surface area contributed by atoms with Crippen LogP contribution in [0.5, 0.6) is 0 Å². The number of carbonyl (C=O) groups is 1. The van der Waals surface area contributed by atoms with Crippen LogP contribution < -0.4 is 10.6 Å². The highest BCUT2D eigenvalue weighted by Gasteiger charge is 2.29. The van der Waals surface area contributed by atoms with Gasteiger partial charge in [-0.2, -0.15) is 0 Å². The summed E-state index contributed by atoms with van der Waals surface area (Å²) in [6.45, 7) is 7.78. The van der Waals surface area contributed by atoms with Gasteiger partial charge in [-0.25, -0.2) is 0 Å². The lowest BCUT2D eigenvalue weighted by molar-refractivity contribution is -0.127. The van der Waals surface area contributed by atoms with Crippen LogP contribution in [-0.2, 0) is 4.79 Å². The maximum atomic E-state index is 12.3. The lowest BCUT2D eigenvalue weighted by Gasteiger charge is -2.34. The second-order valence-corrected chi connectivity index (χ2v) is 6.95. The number of halogens is 1. The number of carbonyl (C=O) groups excluding carboxylic acids is 1. The fraction of sp³-hybridized carbons (Fsp3) is 0.938. The maximum Gasteiger partial charge on any atom is 0.223 e. The molecular formula is C16H31ClN2O. The maximum absolute atomic E-state index is 12.3. The van der Waals surface area contributed by atoms with E-state index in [4.69, 9.17) is 0 Å². The second kappa shape index (κ2) is 8.23. The van der Waals surface area contributed by atoms with Gasteiger partial charge in [0.25, 0.3) is 0 Å². The Morgan fingerprint density at radius 1 is 1.20 bits per heavy atom. The molecule has 2 rings (SSSR count). The van der Waals surface area contributed by atoms with Crippen LogP contribution in [0, 0.1) is 17.8 Å². The molecule has 1 amide bonds. The van der Waals surface area contributed by atoms with Gasteiger partial charge in [-0.3, -0.25) is 4.79 Å². The van der Waals surface area contributed by atoms with Gasteiger partial charge in [0, 0.05) is 18.0 Å². The first-order chi connectivity index (χ1) is 9.06. The van der Waals surface area contributed by atoms with Gasteiger partial charge in [0.1, 0.15) is 0 Å². The molecule has 2 aliphatic rings. The van der Waals surface area contributed by atoms with E-state index in [1.54, 1.807) is 0 Å². The van der Waals surface area contributed by atoms with E-state index in [-0.39, 0.29) is 18.3 Å². The summed E-state index contributed by atoms with van der Waals surface area (Å²) in [5.41, 5.74) is 0. The summed E-state index contributed by atoms with van der Waals surface area (Å²) < 4.78 is 0. The molecule has 0 aromatic heterocycles. The molecule has 0 radical (unpaired) electrons. The van der Waals surface area contributed by atoms with Crippen LogP contribution in [0.1, 0.15) is 59.3 Å². The lowest BCUT2D eigenvalue weighted by Crippen LogP contribution is -2.46. The van der Waals surface area contributed by atoms with Crippen molar-refractivity contribution in [1.29, 1.82) is 0 Å². The first-order valence-electron chi connectivity index (χ1n) is 8.10. The first kappa shape index (κ1) is 17.8. The van der Waals surface area contributed by atoms with Crippen LogP contribution in [0.25, 0.3) is 0 Å². The van der Waals surface area contributed by atoms with Gasteiger partial charge in [0.15, 0.2) is 0 Å². The highest BCUT2D eigenvalue weighted by atomic mass is 35.5. The third-order valence-corrected chi connectivity index (χ3v) is 5.00. The third kappa shape index (κ3) is 4.92. The molecule has 1 aliphatic heterocycles.